The summed E-state index contributed by atoms with van der Waals surface area (Å²) in [6.07, 6.45) is 2.74. The van der Waals surface area contributed by atoms with Crippen LogP contribution in [0.3, 0.4) is 0 Å². The molecule has 2 unspecified atom stereocenters. The van der Waals surface area contributed by atoms with Gasteiger partial charge in [0, 0.05) is 16.7 Å². The predicted molar refractivity (Wildman–Crippen MR) is 81.4 cm³/mol. The molecule has 108 valence electrons. The Bertz CT molecular complexity index is 540. The van der Waals surface area contributed by atoms with Crippen LogP contribution in [0.15, 0.2) is 27.3 Å². The number of aromatic nitrogens is 3. The molecule has 0 amide bonds. The highest BCUT2D eigenvalue weighted by molar-refractivity contribution is 9.10. The van der Waals surface area contributed by atoms with Crippen LogP contribution < -0.4 is 5.32 Å². The second-order valence-corrected chi connectivity index (χ2v) is 5.59. The molecule has 0 bridgehead atoms. The molecule has 0 spiro atoms. The van der Waals surface area contributed by atoms with E-state index in [0.717, 1.165) is 17.4 Å². The zero-order valence-electron chi connectivity index (χ0n) is 11.9. The minimum atomic E-state index is 0.177. The quantitative estimate of drug-likeness (QED) is 0.874. The van der Waals surface area contributed by atoms with Crippen molar-refractivity contribution in [1.82, 2.24) is 20.4 Å². The van der Waals surface area contributed by atoms with Gasteiger partial charge < -0.3 is 9.84 Å². The van der Waals surface area contributed by atoms with Crippen LogP contribution in [0.4, 0.5) is 0 Å². The number of nitrogens with zero attached hydrogens (tertiary/aromatic N) is 3. The van der Waals surface area contributed by atoms with Gasteiger partial charge in [0.05, 0.1) is 5.92 Å². The molecule has 2 aromatic heterocycles. The summed E-state index contributed by atoms with van der Waals surface area (Å²) in [5.74, 6) is 1.36. The SMILES string of the molecule is CCNC(CC)C(C)c1nc(-c2ccc(Br)cn2)no1. The highest BCUT2D eigenvalue weighted by Gasteiger charge is 2.22. The van der Waals surface area contributed by atoms with E-state index in [-0.39, 0.29) is 5.92 Å². The highest BCUT2D eigenvalue weighted by atomic mass is 79.9. The lowest BCUT2D eigenvalue weighted by molar-refractivity contribution is 0.321. The Kier molecular flexibility index (Phi) is 5.25. The van der Waals surface area contributed by atoms with Gasteiger partial charge in [0.15, 0.2) is 0 Å². The molecule has 0 aliphatic heterocycles. The van der Waals surface area contributed by atoms with Gasteiger partial charge in [-0.05, 0) is 41.0 Å². The first-order valence-corrected chi connectivity index (χ1v) is 7.63. The Hall–Kier alpha value is -1.27. The van der Waals surface area contributed by atoms with Gasteiger partial charge in [0.25, 0.3) is 0 Å². The third-order valence-electron chi connectivity index (χ3n) is 3.30. The van der Waals surface area contributed by atoms with Gasteiger partial charge in [-0.3, -0.25) is 4.98 Å². The van der Waals surface area contributed by atoms with Crippen molar-refractivity contribution in [2.24, 2.45) is 0 Å². The Balaban J connectivity index is 2.17. The topological polar surface area (TPSA) is 63.8 Å². The Labute approximate surface area is 127 Å². The zero-order valence-corrected chi connectivity index (χ0v) is 13.5. The molecule has 2 rings (SSSR count). The van der Waals surface area contributed by atoms with Crippen LogP contribution in [0.25, 0.3) is 11.5 Å². The number of nitrogens with one attached hydrogen (secondary N) is 1. The van der Waals surface area contributed by atoms with Gasteiger partial charge in [-0.15, -0.1) is 0 Å². The first kappa shape index (κ1) is 15.1. The molecule has 2 aromatic rings. The first-order valence-electron chi connectivity index (χ1n) is 6.84. The summed E-state index contributed by atoms with van der Waals surface area (Å²) in [6, 6.07) is 4.12. The molecule has 2 atom stereocenters. The maximum atomic E-state index is 5.39. The van der Waals surface area contributed by atoms with Gasteiger partial charge in [-0.2, -0.15) is 4.98 Å². The summed E-state index contributed by atoms with van der Waals surface area (Å²) >= 11 is 3.36. The minimum Gasteiger partial charge on any atom is -0.339 e. The molecule has 2 heterocycles. The number of hydrogen-bond acceptors (Lipinski definition) is 5. The highest BCUT2D eigenvalue weighted by Crippen LogP contribution is 2.22. The lowest BCUT2D eigenvalue weighted by Gasteiger charge is -2.20. The number of likely N-dealkylation sites (N-methyl/N-ethyl adjacent to an activating group) is 1. The van der Waals surface area contributed by atoms with Crippen molar-refractivity contribution in [3.63, 3.8) is 0 Å². The van der Waals surface area contributed by atoms with Gasteiger partial charge in [-0.25, -0.2) is 0 Å². The average molecular weight is 339 g/mol. The van der Waals surface area contributed by atoms with E-state index in [9.17, 15) is 0 Å². The lowest BCUT2D eigenvalue weighted by Crippen LogP contribution is -2.33. The number of halogens is 1. The molecule has 0 aromatic carbocycles. The minimum absolute atomic E-state index is 0.177. The molecular formula is C14H19BrN4O. The van der Waals surface area contributed by atoms with Crippen molar-refractivity contribution in [3.05, 3.63) is 28.7 Å². The van der Waals surface area contributed by atoms with E-state index in [2.05, 4.69) is 57.1 Å². The largest absolute Gasteiger partial charge is 0.339 e. The molecule has 0 fully saturated rings. The second-order valence-electron chi connectivity index (χ2n) is 4.68. The van der Waals surface area contributed by atoms with E-state index in [1.807, 2.05) is 12.1 Å². The number of pyridine rings is 1. The van der Waals surface area contributed by atoms with Crippen molar-refractivity contribution in [1.29, 1.82) is 0 Å². The summed E-state index contributed by atoms with van der Waals surface area (Å²) in [5.41, 5.74) is 0.715. The number of rotatable bonds is 6. The third kappa shape index (κ3) is 3.43. The lowest BCUT2D eigenvalue weighted by atomic mass is 9.99. The maximum Gasteiger partial charge on any atom is 0.231 e. The zero-order chi connectivity index (χ0) is 14.5. The van der Waals surface area contributed by atoms with Crippen LogP contribution in [0.5, 0.6) is 0 Å². The summed E-state index contributed by atoms with van der Waals surface area (Å²) in [7, 11) is 0. The van der Waals surface area contributed by atoms with Crippen LogP contribution >= 0.6 is 15.9 Å². The first-order chi connectivity index (χ1) is 9.65. The van der Waals surface area contributed by atoms with Gasteiger partial charge >= 0.3 is 0 Å². The monoisotopic (exact) mass is 338 g/mol. The summed E-state index contributed by atoms with van der Waals surface area (Å²) in [5, 5.41) is 7.46. The normalized spacial score (nSPS) is 14.2. The molecule has 6 heteroatoms. The summed E-state index contributed by atoms with van der Waals surface area (Å²) in [4.78, 5) is 8.74. The third-order valence-corrected chi connectivity index (χ3v) is 3.77. The average Bonchev–Trinajstić information content (AvgIpc) is 2.94. The van der Waals surface area contributed by atoms with Crippen molar-refractivity contribution in [2.75, 3.05) is 6.54 Å². The van der Waals surface area contributed by atoms with Crippen molar-refractivity contribution in [3.8, 4) is 11.5 Å². The molecule has 20 heavy (non-hydrogen) atoms. The molecule has 0 aliphatic rings. The smallest absolute Gasteiger partial charge is 0.231 e. The van der Waals surface area contributed by atoms with E-state index in [1.165, 1.54) is 0 Å². The van der Waals surface area contributed by atoms with E-state index in [0.29, 0.717) is 23.5 Å². The van der Waals surface area contributed by atoms with Gasteiger partial charge in [0.1, 0.15) is 5.69 Å². The molecule has 5 nitrogen and oxygen atoms in total. The van der Waals surface area contributed by atoms with Crippen molar-refractivity contribution in [2.45, 2.75) is 39.2 Å². The molecule has 0 aliphatic carbocycles. The maximum absolute atomic E-state index is 5.39. The molecule has 0 saturated heterocycles. The fourth-order valence-electron chi connectivity index (χ4n) is 2.14. The molecule has 1 N–H and O–H groups in total. The molecule has 0 saturated carbocycles. The summed E-state index contributed by atoms with van der Waals surface area (Å²) < 4.78 is 6.31. The molecular weight excluding hydrogens is 320 g/mol. The fourth-order valence-corrected chi connectivity index (χ4v) is 2.38. The van der Waals surface area contributed by atoms with Gasteiger partial charge in [0.2, 0.25) is 11.7 Å². The van der Waals surface area contributed by atoms with Crippen LogP contribution in [0.2, 0.25) is 0 Å². The second kappa shape index (κ2) is 6.95. The van der Waals surface area contributed by atoms with E-state index in [1.54, 1.807) is 6.20 Å². The predicted octanol–water partition coefficient (Wildman–Crippen LogP) is 3.39. The van der Waals surface area contributed by atoms with Crippen LogP contribution in [0, 0.1) is 0 Å². The van der Waals surface area contributed by atoms with Crippen LogP contribution in [0.1, 0.15) is 39.0 Å². The van der Waals surface area contributed by atoms with Gasteiger partial charge in [-0.1, -0.05) is 25.9 Å². The Morgan fingerprint density at radius 1 is 1.35 bits per heavy atom. The van der Waals surface area contributed by atoms with Crippen LogP contribution in [-0.2, 0) is 0 Å². The standard InChI is InChI=1S/C14H19BrN4O/c1-4-11(16-5-2)9(3)14-18-13(19-20-14)12-7-6-10(15)8-17-12/h6-9,11,16H,4-5H2,1-3H3. The van der Waals surface area contributed by atoms with Crippen molar-refractivity contribution >= 4 is 15.9 Å². The number of hydrogen-bond donors (Lipinski definition) is 1. The van der Waals surface area contributed by atoms with Crippen LogP contribution in [-0.4, -0.2) is 27.7 Å². The fraction of sp³-hybridized carbons (Fsp3) is 0.500. The molecule has 0 radical (unpaired) electrons. The van der Waals surface area contributed by atoms with E-state index in [4.69, 9.17) is 4.52 Å². The van der Waals surface area contributed by atoms with E-state index < -0.39 is 0 Å². The Morgan fingerprint density at radius 3 is 2.75 bits per heavy atom. The summed E-state index contributed by atoms with van der Waals surface area (Å²) in [6.45, 7) is 7.28. The van der Waals surface area contributed by atoms with Crippen molar-refractivity contribution < 1.29 is 4.52 Å². The van der Waals surface area contributed by atoms with E-state index >= 15 is 0 Å². The Morgan fingerprint density at radius 2 is 2.15 bits per heavy atom.